The summed E-state index contributed by atoms with van der Waals surface area (Å²) in [5.74, 6) is -1.20. The first-order valence-corrected chi connectivity index (χ1v) is 8.26. The van der Waals surface area contributed by atoms with Gasteiger partial charge in [-0.15, -0.1) is 0 Å². The first-order valence-electron chi connectivity index (χ1n) is 6.78. The number of benzene rings is 1. The van der Waals surface area contributed by atoms with E-state index in [-0.39, 0.29) is 23.2 Å². The van der Waals surface area contributed by atoms with E-state index in [1.165, 1.54) is 6.07 Å². The van der Waals surface area contributed by atoms with Crippen molar-refractivity contribution in [3.63, 3.8) is 0 Å². The van der Waals surface area contributed by atoms with Gasteiger partial charge < -0.3 is 5.11 Å². The molecule has 0 bridgehead atoms. The minimum atomic E-state index is -3.83. The summed E-state index contributed by atoms with van der Waals surface area (Å²) in [6.07, 6.45) is 2.46. The van der Waals surface area contributed by atoms with Gasteiger partial charge in [0, 0.05) is 0 Å². The van der Waals surface area contributed by atoms with Crippen molar-refractivity contribution in [2.75, 3.05) is 0 Å². The Morgan fingerprint density at radius 2 is 1.75 bits per heavy atom. The van der Waals surface area contributed by atoms with Crippen LogP contribution in [-0.2, 0) is 14.6 Å². The summed E-state index contributed by atoms with van der Waals surface area (Å²) in [6, 6.07) is 4.86. The zero-order valence-electron chi connectivity index (χ0n) is 11.6. The van der Waals surface area contributed by atoms with Crippen LogP contribution >= 0.6 is 0 Å². The van der Waals surface area contributed by atoms with Gasteiger partial charge in [-0.3, -0.25) is 4.79 Å². The SMILES string of the molecule is Cc1ccc(S(=O)(=O)C2(C(=O)O)CC3(CC3)C2)cc1C. The molecular weight excluding hydrogens is 276 g/mol. The molecule has 0 saturated heterocycles. The quantitative estimate of drug-likeness (QED) is 0.929. The second-order valence-corrected chi connectivity index (χ2v) is 8.66. The van der Waals surface area contributed by atoms with Crippen molar-refractivity contribution >= 4 is 15.8 Å². The Morgan fingerprint density at radius 3 is 2.20 bits per heavy atom. The van der Waals surface area contributed by atoms with Crippen LogP contribution in [0.25, 0.3) is 0 Å². The smallest absolute Gasteiger partial charge is 0.325 e. The number of sulfone groups is 1. The molecule has 0 atom stereocenters. The lowest BCUT2D eigenvalue weighted by atomic mass is 9.71. The van der Waals surface area contributed by atoms with Crippen molar-refractivity contribution in [1.82, 2.24) is 0 Å². The molecular formula is C15H18O4S. The highest BCUT2D eigenvalue weighted by molar-refractivity contribution is 7.93. The van der Waals surface area contributed by atoms with Crippen LogP contribution in [0, 0.1) is 19.3 Å². The van der Waals surface area contributed by atoms with Gasteiger partial charge in [-0.25, -0.2) is 8.42 Å². The van der Waals surface area contributed by atoms with E-state index in [2.05, 4.69) is 0 Å². The Balaban J connectivity index is 2.05. The molecule has 2 saturated carbocycles. The van der Waals surface area contributed by atoms with Crippen LogP contribution in [-0.4, -0.2) is 24.2 Å². The molecule has 0 aromatic heterocycles. The Kier molecular flexibility index (Phi) is 2.62. The molecule has 20 heavy (non-hydrogen) atoms. The summed E-state index contributed by atoms with van der Waals surface area (Å²) < 4.78 is 23.9. The lowest BCUT2D eigenvalue weighted by Crippen LogP contribution is -2.57. The number of carboxylic acids is 1. The normalized spacial score (nSPS) is 22.3. The van der Waals surface area contributed by atoms with E-state index < -0.39 is 20.6 Å². The number of carbonyl (C=O) groups is 1. The van der Waals surface area contributed by atoms with E-state index in [1.54, 1.807) is 12.1 Å². The highest BCUT2D eigenvalue weighted by atomic mass is 32.2. The third-order valence-corrected chi connectivity index (χ3v) is 7.34. The summed E-state index contributed by atoms with van der Waals surface area (Å²) in [5.41, 5.74) is 1.87. The largest absolute Gasteiger partial charge is 0.480 e. The van der Waals surface area contributed by atoms with E-state index in [0.717, 1.165) is 24.0 Å². The molecule has 1 spiro atoms. The zero-order valence-corrected chi connectivity index (χ0v) is 12.5. The van der Waals surface area contributed by atoms with Gasteiger partial charge in [0.05, 0.1) is 4.90 Å². The Labute approximate surface area is 118 Å². The van der Waals surface area contributed by atoms with Gasteiger partial charge in [0.1, 0.15) is 0 Å². The number of aryl methyl sites for hydroxylation is 2. The van der Waals surface area contributed by atoms with E-state index in [1.807, 2.05) is 13.8 Å². The average molecular weight is 294 g/mol. The van der Waals surface area contributed by atoms with Gasteiger partial charge in [-0.05, 0) is 68.2 Å². The molecule has 1 aromatic carbocycles. The standard InChI is InChI=1S/C15H18O4S/c1-10-3-4-12(7-11(10)2)20(18,19)15(13(16)17)8-14(9-15)5-6-14/h3-4,7H,5-6,8-9H2,1-2H3,(H,16,17). The summed E-state index contributed by atoms with van der Waals surface area (Å²) in [4.78, 5) is 11.7. The zero-order chi connectivity index (χ0) is 14.8. The number of hydrogen-bond donors (Lipinski definition) is 1. The summed E-state index contributed by atoms with van der Waals surface area (Å²) in [6.45, 7) is 3.74. The lowest BCUT2D eigenvalue weighted by Gasteiger charge is -2.44. The Morgan fingerprint density at radius 1 is 1.15 bits per heavy atom. The highest BCUT2D eigenvalue weighted by Crippen LogP contribution is 2.67. The third kappa shape index (κ3) is 1.65. The number of hydrogen-bond acceptors (Lipinski definition) is 3. The predicted octanol–water partition coefficient (Wildman–Crippen LogP) is 2.47. The topological polar surface area (TPSA) is 71.4 Å². The molecule has 2 aliphatic rings. The molecule has 0 aliphatic heterocycles. The molecule has 4 nitrogen and oxygen atoms in total. The maximum atomic E-state index is 12.8. The lowest BCUT2D eigenvalue weighted by molar-refractivity contribution is -0.144. The molecule has 5 heteroatoms. The van der Waals surface area contributed by atoms with Crippen molar-refractivity contribution in [3.05, 3.63) is 29.3 Å². The fraction of sp³-hybridized carbons (Fsp3) is 0.533. The fourth-order valence-corrected chi connectivity index (χ4v) is 5.51. The van der Waals surface area contributed by atoms with Crippen LogP contribution in [0.3, 0.4) is 0 Å². The van der Waals surface area contributed by atoms with Crippen LogP contribution in [0.15, 0.2) is 23.1 Å². The predicted molar refractivity (Wildman–Crippen MR) is 74.4 cm³/mol. The van der Waals surface area contributed by atoms with Crippen molar-refractivity contribution in [3.8, 4) is 0 Å². The van der Waals surface area contributed by atoms with E-state index >= 15 is 0 Å². The van der Waals surface area contributed by atoms with Crippen LogP contribution in [0.4, 0.5) is 0 Å². The van der Waals surface area contributed by atoms with Crippen molar-refractivity contribution in [2.45, 2.75) is 49.2 Å². The minimum Gasteiger partial charge on any atom is -0.480 e. The fourth-order valence-electron chi connectivity index (χ4n) is 3.25. The minimum absolute atomic E-state index is 0.00516. The first kappa shape index (κ1) is 13.6. The molecule has 2 aliphatic carbocycles. The number of rotatable bonds is 3. The van der Waals surface area contributed by atoms with E-state index in [4.69, 9.17) is 0 Å². The number of carboxylic acid groups (broad SMARTS) is 1. The highest BCUT2D eigenvalue weighted by Gasteiger charge is 2.70. The maximum Gasteiger partial charge on any atom is 0.325 e. The molecule has 1 N–H and O–H groups in total. The van der Waals surface area contributed by atoms with Crippen LogP contribution in [0.2, 0.25) is 0 Å². The molecule has 0 radical (unpaired) electrons. The first-order chi connectivity index (χ1) is 9.22. The van der Waals surface area contributed by atoms with E-state index in [9.17, 15) is 18.3 Å². The molecule has 1 aromatic rings. The molecule has 2 fully saturated rings. The van der Waals surface area contributed by atoms with Gasteiger partial charge in [0.25, 0.3) is 0 Å². The van der Waals surface area contributed by atoms with Crippen molar-refractivity contribution in [1.29, 1.82) is 0 Å². The van der Waals surface area contributed by atoms with Crippen LogP contribution in [0.5, 0.6) is 0 Å². The van der Waals surface area contributed by atoms with Gasteiger partial charge in [0.15, 0.2) is 14.6 Å². The second-order valence-electron chi connectivity index (χ2n) is 6.40. The third-order valence-electron chi connectivity index (χ3n) is 4.97. The Bertz CT molecular complexity index is 691. The monoisotopic (exact) mass is 294 g/mol. The average Bonchev–Trinajstić information content (AvgIpc) is 3.09. The molecule has 0 unspecified atom stereocenters. The van der Waals surface area contributed by atoms with Crippen LogP contribution < -0.4 is 0 Å². The molecule has 0 amide bonds. The summed E-state index contributed by atoms with van der Waals surface area (Å²) in [5, 5.41) is 9.49. The van der Waals surface area contributed by atoms with Gasteiger partial charge in [-0.1, -0.05) is 6.07 Å². The Hall–Kier alpha value is -1.36. The maximum absolute atomic E-state index is 12.8. The van der Waals surface area contributed by atoms with Gasteiger partial charge in [-0.2, -0.15) is 0 Å². The van der Waals surface area contributed by atoms with Gasteiger partial charge >= 0.3 is 5.97 Å². The van der Waals surface area contributed by atoms with E-state index in [0.29, 0.717) is 0 Å². The second kappa shape index (κ2) is 3.85. The molecule has 0 heterocycles. The van der Waals surface area contributed by atoms with Crippen molar-refractivity contribution < 1.29 is 18.3 Å². The summed E-state index contributed by atoms with van der Waals surface area (Å²) in [7, 11) is -3.83. The van der Waals surface area contributed by atoms with Crippen molar-refractivity contribution in [2.24, 2.45) is 5.41 Å². The summed E-state index contributed by atoms with van der Waals surface area (Å²) >= 11 is 0. The molecule has 108 valence electrons. The van der Waals surface area contributed by atoms with Crippen LogP contribution in [0.1, 0.15) is 36.8 Å². The number of aliphatic carboxylic acids is 1. The molecule has 3 rings (SSSR count). The van der Waals surface area contributed by atoms with Gasteiger partial charge in [0.2, 0.25) is 0 Å².